The summed E-state index contributed by atoms with van der Waals surface area (Å²) < 4.78 is 0.800. The van der Waals surface area contributed by atoms with Gasteiger partial charge in [-0.1, -0.05) is 23.2 Å². The van der Waals surface area contributed by atoms with Gasteiger partial charge >= 0.3 is 5.69 Å². The number of aromatic amines is 1. The minimum Gasteiger partial charge on any atom is -0.320 e. The third-order valence-corrected chi connectivity index (χ3v) is 3.17. The zero-order chi connectivity index (χ0) is 14.9. The summed E-state index contributed by atoms with van der Waals surface area (Å²) in [6.07, 6.45) is 1.05. The Bertz CT molecular complexity index is 795. The van der Waals surface area contributed by atoms with Crippen LogP contribution in [0, 0.1) is 0 Å². The molecule has 1 aromatic carbocycles. The number of anilines is 1. The predicted octanol–water partition coefficient (Wildman–Crippen LogP) is 1.63. The van der Waals surface area contributed by atoms with Crippen molar-refractivity contribution in [1.82, 2.24) is 9.55 Å². The molecule has 0 radical (unpaired) electrons. The number of hydrogen-bond donors (Lipinski definition) is 2. The summed E-state index contributed by atoms with van der Waals surface area (Å²) in [7, 11) is 1.27. The van der Waals surface area contributed by atoms with Gasteiger partial charge in [-0.3, -0.25) is 14.2 Å². The summed E-state index contributed by atoms with van der Waals surface area (Å²) in [5.74, 6) is -0.689. The third kappa shape index (κ3) is 2.76. The van der Waals surface area contributed by atoms with E-state index in [1.807, 2.05) is 0 Å². The monoisotopic (exact) mass is 313 g/mol. The highest BCUT2D eigenvalue weighted by Gasteiger charge is 2.14. The third-order valence-electron chi connectivity index (χ3n) is 2.60. The molecule has 104 valence electrons. The molecule has 2 rings (SSSR count). The van der Waals surface area contributed by atoms with Gasteiger partial charge in [0.15, 0.2) is 0 Å². The van der Waals surface area contributed by atoms with Crippen LogP contribution in [0.3, 0.4) is 0 Å². The van der Waals surface area contributed by atoms with Gasteiger partial charge in [-0.2, -0.15) is 0 Å². The van der Waals surface area contributed by atoms with Gasteiger partial charge in [0.2, 0.25) is 0 Å². The van der Waals surface area contributed by atoms with Crippen LogP contribution in [0.15, 0.2) is 34.0 Å². The summed E-state index contributed by atoms with van der Waals surface area (Å²) in [4.78, 5) is 37.3. The normalized spacial score (nSPS) is 10.3. The van der Waals surface area contributed by atoms with Crippen molar-refractivity contribution in [3.63, 3.8) is 0 Å². The second-order valence-corrected chi connectivity index (χ2v) is 4.79. The second-order valence-electron chi connectivity index (χ2n) is 3.95. The molecule has 1 amide bonds. The van der Waals surface area contributed by atoms with E-state index in [2.05, 4.69) is 10.3 Å². The zero-order valence-electron chi connectivity index (χ0n) is 10.2. The van der Waals surface area contributed by atoms with E-state index in [1.54, 1.807) is 6.07 Å². The molecule has 0 aliphatic carbocycles. The topological polar surface area (TPSA) is 84.0 Å². The van der Waals surface area contributed by atoms with Gasteiger partial charge in [-0.25, -0.2) is 4.79 Å². The number of nitrogens with zero attached hydrogens (tertiary/aromatic N) is 1. The van der Waals surface area contributed by atoms with Gasteiger partial charge in [0.1, 0.15) is 5.56 Å². The molecule has 0 saturated heterocycles. The molecule has 0 atom stereocenters. The second kappa shape index (κ2) is 5.52. The van der Waals surface area contributed by atoms with Crippen LogP contribution in [0.25, 0.3) is 0 Å². The molecule has 2 N–H and O–H groups in total. The maximum atomic E-state index is 12.0. The number of carbonyl (C=O) groups is 1. The molecule has 0 saturated carbocycles. The summed E-state index contributed by atoms with van der Waals surface area (Å²) in [6, 6.07) is 4.54. The van der Waals surface area contributed by atoms with E-state index in [0.29, 0.717) is 5.02 Å². The number of hydrogen-bond acceptors (Lipinski definition) is 3. The van der Waals surface area contributed by atoms with Gasteiger partial charge in [0.25, 0.3) is 11.5 Å². The van der Waals surface area contributed by atoms with E-state index in [-0.39, 0.29) is 16.3 Å². The van der Waals surface area contributed by atoms with E-state index >= 15 is 0 Å². The minimum absolute atomic E-state index is 0.205. The van der Waals surface area contributed by atoms with Gasteiger partial charge in [-0.05, 0) is 18.2 Å². The Morgan fingerprint density at radius 3 is 2.70 bits per heavy atom. The standard InChI is InChI=1S/C12H9Cl2N3O3/c1-17-11(19)7(5-15-12(17)20)10(18)16-9-4-6(13)2-3-8(9)14/h2-5H,1H3,(H,15,20)(H,16,18). The lowest BCUT2D eigenvalue weighted by Gasteiger charge is -2.07. The Morgan fingerprint density at radius 1 is 1.30 bits per heavy atom. The SMILES string of the molecule is Cn1c(=O)[nH]cc(C(=O)Nc2cc(Cl)ccc2Cl)c1=O. The van der Waals surface area contributed by atoms with Crippen LogP contribution in [0.1, 0.15) is 10.4 Å². The van der Waals surface area contributed by atoms with Crippen LogP contribution in [-0.2, 0) is 7.05 Å². The zero-order valence-corrected chi connectivity index (χ0v) is 11.7. The van der Waals surface area contributed by atoms with Crippen molar-refractivity contribution in [2.24, 2.45) is 7.05 Å². The highest BCUT2D eigenvalue weighted by Crippen LogP contribution is 2.25. The number of aromatic nitrogens is 2. The molecule has 2 aromatic rings. The average molecular weight is 314 g/mol. The Labute approximate surface area is 123 Å². The van der Waals surface area contributed by atoms with Gasteiger partial charge in [-0.15, -0.1) is 0 Å². The number of amides is 1. The van der Waals surface area contributed by atoms with Crippen LogP contribution in [-0.4, -0.2) is 15.5 Å². The molecule has 0 unspecified atom stereocenters. The summed E-state index contributed by atoms with van der Waals surface area (Å²) in [5.41, 5.74) is -1.24. The number of halogens is 2. The molecule has 0 aliphatic rings. The van der Waals surface area contributed by atoms with Crippen molar-refractivity contribution in [3.05, 3.63) is 60.8 Å². The van der Waals surface area contributed by atoms with Crippen LogP contribution >= 0.6 is 23.2 Å². The fourth-order valence-electron chi connectivity index (χ4n) is 1.51. The lowest BCUT2D eigenvalue weighted by atomic mass is 10.2. The molecule has 1 heterocycles. The Kier molecular flexibility index (Phi) is 3.96. The molecular weight excluding hydrogens is 305 g/mol. The van der Waals surface area contributed by atoms with Crippen LogP contribution < -0.4 is 16.6 Å². The Hall–Kier alpha value is -2.05. The molecule has 0 aliphatic heterocycles. The Morgan fingerprint density at radius 2 is 2.00 bits per heavy atom. The van der Waals surface area contributed by atoms with Crippen LogP contribution in [0.5, 0.6) is 0 Å². The van der Waals surface area contributed by atoms with Crippen molar-refractivity contribution in [1.29, 1.82) is 0 Å². The van der Waals surface area contributed by atoms with Crippen molar-refractivity contribution in [3.8, 4) is 0 Å². The number of H-pyrrole nitrogens is 1. The van der Waals surface area contributed by atoms with Gasteiger partial charge < -0.3 is 10.3 Å². The van der Waals surface area contributed by atoms with Crippen LogP contribution in [0.4, 0.5) is 5.69 Å². The van der Waals surface area contributed by atoms with Crippen LogP contribution in [0.2, 0.25) is 10.0 Å². The lowest BCUT2D eigenvalue weighted by Crippen LogP contribution is -2.37. The quantitative estimate of drug-likeness (QED) is 0.884. The molecule has 20 heavy (non-hydrogen) atoms. The fraction of sp³-hybridized carbons (Fsp3) is 0.0833. The molecule has 0 spiro atoms. The number of nitrogens with one attached hydrogen (secondary N) is 2. The molecular formula is C12H9Cl2N3O3. The first-order valence-corrected chi connectivity index (χ1v) is 6.21. The van der Waals surface area contributed by atoms with E-state index in [0.717, 1.165) is 10.8 Å². The molecule has 8 heteroatoms. The Balaban J connectivity index is 2.38. The summed E-state index contributed by atoms with van der Waals surface area (Å²) in [5, 5.41) is 3.13. The first-order chi connectivity index (χ1) is 9.40. The fourth-order valence-corrected chi connectivity index (χ4v) is 1.85. The highest BCUT2D eigenvalue weighted by atomic mass is 35.5. The summed E-state index contributed by atoms with van der Waals surface area (Å²) >= 11 is 11.7. The summed E-state index contributed by atoms with van der Waals surface area (Å²) in [6.45, 7) is 0. The van der Waals surface area contributed by atoms with E-state index in [9.17, 15) is 14.4 Å². The van der Waals surface area contributed by atoms with E-state index in [1.165, 1.54) is 19.2 Å². The average Bonchev–Trinajstić information content (AvgIpc) is 2.40. The van der Waals surface area contributed by atoms with E-state index in [4.69, 9.17) is 23.2 Å². The molecule has 1 aromatic heterocycles. The van der Waals surface area contributed by atoms with Gasteiger partial charge in [0.05, 0.1) is 10.7 Å². The minimum atomic E-state index is -0.704. The van der Waals surface area contributed by atoms with Crippen molar-refractivity contribution in [2.45, 2.75) is 0 Å². The smallest absolute Gasteiger partial charge is 0.320 e. The molecule has 6 nitrogen and oxygen atoms in total. The van der Waals surface area contributed by atoms with E-state index < -0.39 is 17.2 Å². The predicted molar refractivity (Wildman–Crippen MR) is 76.7 cm³/mol. The maximum absolute atomic E-state index is 12.0. The maximum Gasteiger partial charge on any atom is 0.328 e. The molecule has 0 bridgehead atoms. The van der Waals surface area contributed by atoms with Crippen molar-refractivity contribution < 1.29 is 4.79 Å². The number of benzene rings is 1. The number of carbonyl (C=O) groups excluding carboxylic acids is 1. The highest BCUT2D eigenvalue weighted by molar-refractivity contribution is 6.35. The lowest BCUT2D eigenvalue weighted by molar-refractivity contribution is 0.102. The molecule has 0 fully saturated rings. The van der Waals surface area contributed by atoms with Gasteiger partial charge in [0, 0.05) is 18.3 Å². The van der Waals surface area contributed by atoms with Crippen molar-refractivity contribution in [2.75, 3.05) is 5.32 Å². The largest absolute Gasteiger partial charge is 0.328 e. The first kappa shape index (κ1) is 14.4. The van der Waals surface area contributed by atoms with Crippen molar-refractivity contribution >= 4 is 34.8 Å². The number of rotatable bonds is 2. The first-order valence-electron chi connectivity index (χ1n) is 5.45.